The SMILES string of the molecule is O=S(=O)(NCc1cccc(Br)c1)c1cc(-c2noc(C3CC3)n2)cs1. The number of hydrogen-bond acceptors (Lipinski definition) is 6. The van der Waals surface area contributed by atoms with Crippen molar-refractivity contribution in [2.75, 3.05) is 0 Å². The molecule has 0 amide bonds. The van der Waals surface area contributed by atoms with Crippen molar-refractivity contribution in [3.63, 3.8) is 0 Å². The van der Waals surface area contributed by atoms with Crippen LogP contribution in [0.25, 0.3) is 11.4 Å². The van der Waals surface area contributed by atoms with Gasteiger partial charge in [-0.05, 0) is 36.6 Å². The second-order valence-electron chi connectivity index (χ2n) is 5.84. The van der Waals surface area contributed by atoms with Crippen LogP contribution in [0.1, 0.15) is 30.2 Å². The Kier molecular flexibility index (Phi) is 4.48. The number of nitrogens with zero attached hydrogens (tertiary/aromatic N) is 2. The zero-order chi connectivity index (χ0) is 17.4. The van der Waals surface area contributed by atoms with Crippen LogP contribution in [0.3, 0.4) is 0 Å². The highest BCUT2D eigenvalue weighted by atomic mass is 79.9. The first kappa shape index (κ1) is 16.9. The van der Waals surface area contributed by atoms with Crippen molar-refractivity contribution in [3.05, 3.63) is 51.6 Å². The highest BCUT2D eigenvalue weighted by Crippen LogP contribution is 2.39. The highest BCUT2D eigenvalue weighted by molar-refractivity contribution is 9.10. The molecule has 4 rings (SSSR count). The maximum Gasteiger partial charge on any atom is 0.250 e. The molecule has 0 unspecified atom stereocenters. The second-order valence-corrected chi connectivity index (χ2v) is 9.66. The van der Waals surface area contributed by atoms with Gasteiger partial charge in [-0.15, -0.1) is 11.3 Å². The van der Waals surface area contributed by atoms with Crippen molar-refractivity contribution < 1.29 is 12.9 Å². The third kappa shape index (κ3) is 3.84. The van der Waals surface area contributed by atoms with E-state index in [9.17, 15) is 8.42 Å². The molecule has 1 aromatic carbocycles. The Balaban J connectivity index is 1.49. The normalized spacial score (nSPS) is 14.8. The van der Waals surface area contributed by atoms with Crippen LogP contribution >= 0.6 is 27.3 Å². The number of benzene rings is 1. The molecule has 2 aromatic heterocycles. The van der Waals surface area contributed by atoms with Gasteiger partial charge in [-0.2, -0.15) is 4.98 Å². The number of sulfonamides is 1. The molecule has 130 valence electrons. The predicted octanol–water partition coefficient (Wildman–Crippen LogP) is 3.92. The second kappa shape index (κ2) is 6.64. The zero-order valence-electron chi connectivity index (χ0n) is 13.0. The quantitative estimate of drug-likeness (QED) is 0.628. The van der Waals surface area contributed by atoms with Gasteiger partial charge < -0.3 is 4.52 Å². The lowest BCUT2D eigenvalue weighted by atomic mass is 10.2. The van der Waals surface area contributed by atoms with E-state index in [-0.39, 0.29) is 10.8 Å². The van der Waals surface area contributed by atoms with Crippen LogP contribution in [0, 0.1) is 0 Å². The van der Waals surface area contributed by atoms with Crippen molar-refractivity contribution in [2.24, 2.45) is 0 Å². The van der Waals surface area contributed by atoms with Crippen LogP contribution in [0.2, 0.25) is 0 Å². The minimum Gasteiger partial charge on any atom is -0.339 e. The molecule has 0 saturated heterocycles. The van der Waals surface area contributed by atoms with Gasteiger partial charge in [0, 0.05) is 27.9 Å². The van der Waals surface area contributed by atoms with Gasteiger partial charge in [0.2, 0.25) is 21.7 Å². The van der Waals surface area contributed by atoms with E-state index >= 15 is 0 Å². The Hall–Kier alpha value is -1.55. The molecule has 1 N–H and O–H groups in total. The monoisotopic (exact) mass is 439 g/mol. The molecule has 3 aromatic rings. The number of rotatable bonds is 6. The molecule has 0 radical (unpaired) electrons. The first-order valence-corrected chi connectivity index (χ1v) is 10.8. The third-order valence-electron chi connectivity index (χ3n) is 3.82. The molecule has 6 nitrogen and oxygen atoms in total. The van der Waals surface area contributed by atoms with E-state index in [4.69, 9.17) is 4.52 Å². The van der Waals surface area contributed by atoms with Gasteiger partial charge in [0.25, 0.3) is 0 Å². The fourth-order valence-corrected chi connectivity index (χ4v) is 4.99. The van der Waals surface area contributed by atoms with Crippen molar-refractivity contribution in [2.45, 2.75) is 29.5 Å². The number of hydrogen-bond donors (Lipinski definition) is 1. The van der Waals surface area contributed by atoms with Crippen LogP contribution in [-0.2, 0) is 16.6 Å². The minimum atomic E-state index is -3.59. The first-order valence-electron chi connectivity index (χ1n) is 7.68. The summed E-state index contributed by atoms with van der Waals surface area (Å²) in [5.41, 5.74) is 1.53. The first-order chi connectivity index (χ1) is 12.0. The largest absolute Gasteiger partial charge is 0.339 e. The van der Waals surface area contributed by atoms with Gasteiger partial charge in [0.1, 0.15) is 4.21 Å². The maximum atomic E-state index is 12.5. The number of aromatic nitrogens is 2. The Labute approximate surface area is 157 Å². The van der Waals surface area contributed by atoms with E-state index < -0.39 is 10.0 Å². The van der Waals surface area contributed by atoms with E-state index in [2.05, 4.69) is 30.8 Å². The molecule has 1 aliphatic carbocycles. The van der Waals surface area contributed by atoms with Crippen molar-refractivity contribution in [3.8, 4) is 11.4 Å². The topological polar surface area (TPSA) is 85.1 Å². The molecule has 0 aliphatic heterocycles. The summed E-state index contributed by atoms with van der Waals surface area (Å²) >= 11 is 4.52. The molecule has 0 atom stereocenters. The number of halogens is 1. The van der Waals surface area contributed by atoms with Gasteiger partial charge in [-0.1, -0.05) is 33.2 Å². The summed E-state index contributed by atoms with van der Waals surface area (Å²) in [6, 6.07) is 9.08. The highest BCUT2D eigenvalue weighted by Gasteiger charge is 2.30. The van der Waals surface area contributed by atoms with Crippen molar-refractivity contribution in [1.29, 1.82) is 0 Å². The Morgan fingerprint density at radius 3 is 2.92 bits per heavy atom. The number of thiophene rings is 1. The Bertz CT molecular complexity index is 1010. The van der Waals surface area contributed by atoms with Gasteiger partial charge in [0.15, 0.2) is 0 Å². The fourth-order valence-electron chi connectivity index (χ4n) is 2.32. The zero-order valence-corrected chi connectivity index (χ0v) is 16.2. The Morgan fingerprint density at radius 1 is 1.32 bits per heavy atom. The van der Waals surface area contributed by atoms with E-state index in [0.717, 1.165) is 34.2 Å². The number of nitrogens with one attached hydrogen (secondary N) is 1. The third-order valence-corrected chi connectivity index (χ3v) is 7.16. The van der Waals surface area contributed by atoms with E-state index in [1.807, 2.05) is 24.3 Å². The fraction of sp³-hybridized carbons (Fsp3) is 0.250. The van der Waals surface area contributed by atoms with Crippen molar-refractivity contribution in [1.82, 2.24) is 14.9 Å². The average molecular weight is 440 g/mol. The van der Waals surface area contributed by atoms with Crippen molar-refractivity contribution >= 4 is 37.3 Å². The molecular formula is C16H14BrN3O3S2. The molecule has 25 heavy (non-hydrogen) atoms. The summed E-state index contributed by atoms with van der Waals surface area (Å²) in [4.78, 5) is 4.35. The molecule has 1 aliphatic rings. The summed E-state index contributed by atoms with van der Waals surface area (Å²) in [6.45, 7) is 0.225. The summed E-state index contributed by atoms with van der Waals surface area (Å²) in [6.07, 6.45) is 2.15. The minimum absolute atomic E-state index is 0.225. The van der Waals surface area contributed by atoms with Gasteiger partial charge in [-0.3, -0.25) is 0 Å². The van der Waals surface area contributed by atoms with Crippen LogP contribution in [0.5, 0.6) is 0 Å². The molecule has 9 heteroatoms. The molecule has 2 heterocycles. The van der Waals surface area contributed by atoms with E-state index in [1.165, 1.54) is 0 Å². The standard InChI is InChI=1S/C16H14BrN3O3S2/c17-13-3-1-2-10(6-13)8-18-25(21,22)14-7-12(9-24-14)15-19-16(23-20-15)11-4-5-11/h1-3,6-7,9,11,18H,4-5,8H2. The average Bonchev–Trinajstić information content (AvgIpc) is 3.11. The Morgan fingerprint density at radius 2 is 2.16 bits per heavy atom. The molecule has 0 spiro atoms. The lowest BCUT2D eigenvalue weighted by molar-refractivity contribution is 0.380. The summed E-state index contributed by atoms with van der Waals surface area (Å²) < 4.78 is 33.9. The molecular weight excluding hydrogens is 426 g/mol. The lowest BCUT2D eigenvalue weighted by Crippen LogP contribution is -2.22. The van der Waals surface area contributed by atoms with Gasteiger partial charge >= 0.3 is 0 Å². The molecule has 1 saturated carbocycles. The van der Waals surface area contributed by atoms with E-state index in [0.29, 0.717) is 23.2 Å². The summed E-state index contributed by atoms with van der Waals surface area (Å²) in [5, 5.41) is 5.68. The van der Waals surface area contributed by atoms with Crippen LogP contribution in [-0.4, -0.2) is 18.6 Å². The summed E-state index contributed by atoms with van der Waals surface area (Å²) in [5.74, 6) is 1.44. The van der Waals surface area contributed by atoms with Crippen LogP contribution < -0.4 is 4.72 Å². The predicted molar refractivity (Wildman–Crippen MR) is 97.8 cm³/mol. The maximum absolute atomic E-state index is 12.5. The molecule has 1 fully saturated rings. The smallest absolute Gasteiger partial charge is 0.250 e. The van der Waals surface area contributed by atoms with Crippen LogP contribution in [0.15, 0.2) is 48.9 Å². The van der Waals surface area contributed by atoms with E-state index in [1.54, 1.807) is 11.4 Å². The van der Waals surface area contributed by atoms with Gasteiger partial charge in [0.05, 0.1) is 0 Å². The summed E-state index contributed by atoms with van der Waals surface area (Å²) in [7, 11) is -3.59. The van der Waals surface area contributed by atoms with Crippen LogP contribution in [0.4, 0.5) is 0 Å². The lowest BCUT2D eigenvalue weighted by Gasteiger charge is -2.05. The molecule has 0 bridgehead atoms. The van der Waals surface area contributed by atoms with Gasteiger partial charge in [-0.25, -0.2) is 13.1 Å².